The van der Waals surface area contributed by atoms with E-state index in [1.165, 1.54) is 51.4 Å². The Morgan fingerprint density at radius 3 is 1.45 bits per heavy atom. The van der Waals surface area contributed by atoms with Gasteiger partial charge in [-0.3, -0.25) is 0 Å². The Labute approximate surface area is 127 Å². The molecule has 0 aliphatic carbocycles. The monoisotopic (exact) mass is 274 g/mol. The van der Waals surface area contributed by atoms with Crippen molar-refractivity contribution in [3.63, 3.8) is 0 Å². The average Bonchev–Trinajstić information content (AvgIpc) is 2.46. The third-order valence-corrected chi connectivity index (χ3v) is 4.83. The van der Waals surface area contributed by atoms with Gasteiger partial charge in [0.25, 0.3) is 0 Å². The van der Waals surface area contributed by atoms with Gasteiger partial charge in [0.2, 0.25) is 0 Å². The van der Waals surface area contributed by atoms with E-state index in [-0.39, 0.29) is 0 Å². The van der Waals surface area contributed by atoms with Crippen molar-refractivity contribution in [2.24, 2.45) is 0 Å². The van der Waals surface area contributed by atoms with Gasteiger partial charge >= 0.3 is 0 Å². The maximum atomic E-state index is 2.36. The molecule has 0 radical (unpaired) electrons. The molecule has 0 amide bonds. The van der Waals surface area contributed by atoms with E-state index in [9.17, 15) is 0 Å². The van der Waals surface area contributed by atoms with E-state index >= 15 is 0 Å². The molecule has 0 nitrogen and oxygen atoms in total. The summed E-state index contributed by atoms with van der Waals surface area (Å²) in [6.45, 7) is 14.0. The minimum absolute atomic E-state index is 1.18. The molecule has 114 valence electrons. The third kappa shape index (κ3) is 3.65. The molecule has 0 aliphatic rings. The largest absolute Gasteiger partial charge is 0.0654 e. The Hall–Kier alpha value is -0.780. The molecule has 0 heteroatoms. The van der Waals surface area contributed by atoms with Gasteiger partial charge in [0.1, 0.15) is 0 Å². The van der Waals surface area contributed by atoms with Crippen LogP contribution in [-0.4, -0.2) is 0 Å². The molecule has 20 heavy (non-hydrogen) atoms. The normalized spacial score (nSPS) is 11.1. The van der Waals surface area contributed by atoms with Gasteiger partial charge in [-0.25, -0.2) is 0 Å². The fourth-order valence-corrected chi connectivity index (χ4v) is 3.52. The summed E-state index contributed by atoms with van der Waals surface area (Å²) < 4.78 is 0. The number of unbranched alkanes of at least 4 members (excludes halogenated alkanes) is 2. The van der Waals surface area contributed by atoms with Gasteiger partial charge in [0.15, 0.2) is 0 Å². The molecule has 0 aliphatic heterocycles. The zero-order chi connectivity index (χ0) is 15.1. The van der Waals surface area contributed by atoms with Crippen molar-refractivity contribution in [3.05, 3.63) is 33.4 Å². The zero-order valence-electron chi connectivity index (χ0n) is 14.7. The molecule has 0 atom stereocenters. The van der Waals surface area contributed by atoms with Crippen LogP contribution in [0, 0.1) is 13.8 Å². The van der Waals surface area contributed by atoms with Crippen LogP contribution in [0.25, 0.3) is 0 Å². The van der Waals surface area contributed by atoms with Crippen LogP contribution in [0.4, 0.5) is 0 Å². The lowest BCUT2D eigenvalue weighted by Crippen LogP contribution is -2.10. The van der Waals surface area contributed by atoms with Gasteiger partial charge in [-0.15, -0.1) is 0 Å². The number of hydrogen-bond donors (Lipinski definition) is 0. The lowest BCUT2D eigenvalue weighted by Gasteiger charge is -2.23. The summed E-state index contributed by atoms with van der Waals surface area (Å²) in [5, 5.41) is 0. The summed E-state index contributed by atoms with van der Waals surface area (Å²) in [7, 11) is 0. The molecule has 0 fully saturated rings. The highest BCUT2D eigenvalue weighted by atomic mass is 14.2. The van der Waals surface area contributed by atoms with Crippen LogP contribution in [0.2, 0.25) is 0 Å². The fourth-order valence-electron chi connectivity index (χ4n) is 3.52. The Kier molecular flexibility index (Phi) is 7.34. The van der Waals surface area contributed by atoms with Gasteiger partial charge in [-0.1, -0.05) is 40.5 Å². The van der Waals surface area contributed by atoms with E-state index in [4.69, 9.17) is 0 Å². The number of rotatable bonds is 8. The Morgan fingerprint density at radius 2 is 1.00 bits per heavy atom. The van der Waals surface area contributed by atoms with E-state index in [0.717, 1.165) is 0 Å². The summed E-state index contributed by atoms with van der Waals surface area (Å²) in [5.41, 5.74) is 9.86. The summed E-state index contributed by atoms with van der Waals surface area (Å²) in [4.78, 5) is 0. The molecule has 1 aromatic rings. The van der Waals surface area contributed by atoms with Crippen molar-refractivity contribution in [2.45, 2.75) is 92.9 Å². The molecular weight excluding hydrogens is 240 g/mol. The quantitative estimate of drug-likeness (QED) is 0.536. The molecule has 0 saturated carbocycles. The first-order valence-corrected chi connectivity index (χ1v) is 8.74. The molecule has 0 heterocycles. The highest BCUT2D eigenvalue weighted by molar-refractivity contribution is 5.51. The molecule has 0 unspecified atom stereocenters. The maximum Gasteiger partial charge on any atom is -0.0273 e. The van der Waals surface area contributed by atoms with Crippen LogP contribution < -0.4 is 0 Å². The first-order chi connectivity index (χ1) is 9.62. The summed E-state index contributed by atoms with van der Waals surface area (Å²) in [5.74, 6) is 0. The van der Waals surface area contributed by atoms with Gasteiger partial charge in [-0.2, -0.15) is 0 Å². The standard InChI is InChI=1S/C20H34/c1-7-11-13-19-16(6)15(5)17(9-3)18(10-4)20(19)14-12-8-2/h7-14H2,1-6H3. The molecule has 1 rings (SSSR count). The van der Waals surface area contributed by atoms with Crippen LogP contribution in [0.15, 0.2) is 0 Å². The van der Waals surface area contributed by atoms with Crippen molar-refractivity contribution in [3.8, 4) is 0 Å². The van der Waals surface area contributed by atoms with Gasteiger partial charge in [0.05, 0.1) is 0 Å². The second kappa shape index (κ2) is 8.49. The molecule has 1 aromatic carbocycles. The van der Waals surface area contributed by atoms with E-state index in [2.05, 4.69) is 41.5 Å². The van der Waals surface area contributed by atoms with E-state index < -0.39 is 0 Å². The Bertz CT molecular complexity index is 426. The molecular formula is C20H34. The summed E-state index contributed by atoms with van der Waals surface area (Å²) >= 11 is 0. The van der Waals surface area contributed by atoms with Crippen LogP contribution >= 0.6 is 0 Å². The van der Waals surface area contributed by atoms with Crippen LogP contribution in [0.1, 0.15) is 86.8 Å². The Morgan fingerprint density at radius 1 is 0.550 bits per heavy atom. The van der Waals surface area contributed by atoms with Crippen LogP contribution in [0.5, 0.6) is 0 Å². The van der Waals surface area contributed by atoms with Crippen molar-refractivity contribution >= 4 is 0 Å². The van der Waals surface area contributed by atoms with Crippen molar-refractivity contribution in [1.29, 1.82) is 0 Å². The van der Waals surface area contributed by atoms with Gasteiger partial charge in [-0.05, 0) is 85.8 Å². The minimum atomic E-state index is 1.18. The minimum Gasteiger partial charge on any atom is -0.0654 e. The topological polar surface area (TPSA) is 0 Å². The predicted octanol–water partition coefficient (Wildman–Crippen LogP) is 6.11. The summed E-state index contributed by atoms with van der Waals surface area (Å²) in [6, 6.07) is 0. The molecule has 0 spiro atoms. The first kappa shape index (κ1) is 17.3. The smallest absolute Gasteiger partial charge is 0.0273 e. The van der Waals surface area contributed by atoms with E-state index in [1.54, 1.807) is 33.4 Å². The molecule has 0 aromatic heterocycles. The number of hydrogen-bond acceptors (Lipinski definition) is 0. The lowest BCUT2D eigenvalue weighted by atomic mass is 9.82. The van der Waals surface area contributed by atoms with Crippen LogP contribution in [-0.2, 0) is 25.7 Å². The SMILES string of the molecule is CCCCc1c(C)c(C)c(CC)c(CC)c1CCCC. The highest BCUT2D eigenvalue weighted by Crippen LogP contribution is 2.31. The van der Waals surface area contributed by atoms with Gasteiger partial charge in [0, 0.05) is 0 Å². The Balaban J connectivity index is 3.40. The van der Waals surface area contributed by atoms with Crippen molar-refractivity contribution in [2.75, 3.05) is 0 Å². The third-order valence-electron chi connectivity index (χ3n) is 4.83. The fraction of sp³-hybridized carbons (Fsp3) is 0.700. The van der Waals surface area contributed by atoms with Gasteiger partial charge < -0.3 is 0 Å². The lowest BCUT2D eigenvalue weighted by molar-refractivity contribution is 0.742. The second-order valence-corrected chi connectivity index (χ2v) is 6.08. The second-order valence-electron chi connectivity index (χ2n) is 6.08. The van der Waals surface area contributed by atoms with Crippen molar-refractivity contribution in [1.82, 2.24) is 0 Å². The predicted molar refractivity (Wildman–Crippen MR) is 91.9 cm³/mol. The van der Waals surface area contributed by atoms with Crippen LogP contribution in [0.3, 0.4) is 0 Å². The molecule has 0 bridgehead atoms. The van der Waals surface area contributed by atoms with E-state index in [1.807, 2.05) is 0 Å². The van der Waals surface area contributed by atoms with E-state index in [0.29, 0.717) is 0 Å². The summed E-state index contributed by atoms with van der Waals surface area (Å²) in [6.07, 6.45) is 10.2. The molecule has 0 N–H and O–H groups in total. The first-order valence-electron chi connectivity index (χ1n) is 8.74. The maximum absolute atomic E-state index is 2.36. The number of benzene rings is 1. The molecule has 0 saturated heterocycles. The highest BCUT2D eigenvalue weighted by Gasteiger charge is 2.17. The van der Waals surface area contributed by atoms with Crippen molar-refractivity contribution < 1.29 is 0 Å². The average molecular weight is 274 g/mol. The zero-order valence-corrected chi connectivity index (χ0v) is 14.7.